The van der Waals surface area contributed by atoms with Crippen molar-refractivity contribution in [2.45, 2.75) is 11.1 Å². The van der Waals surface area contributed by atoms with Gasteiger partial charge in [0.15, 0.2) is 5.92 Å². The molecule has 0 radical (unpaired) electrons. The molecule has 1 aromatic rings. The maximum Gasteiger partial charge on any atom is 0.405 e. The van der Waals surface area contributed by atoms with Crippen LogP contribution < -0.4 is 0 Å². The zero-order valence-corrected chi connectivity index (χ0v) is 9.49. The van der Waals surface area contributed by atoms with Gasteiger partial charge in [-0.1, -0.05) is 0 Å². The number of halogens is 5. The lowest BCUT2D eigenvalue weighted by atomic mass is 10.2. The quantitative estimate of drug-likeness (QED) is 0.800. The molecule has 2 atom stereocenters. The molecule has 8 heteroatoms. The molecule has 0 aliphatic carbocycles. The number of hydrogen-bond acceptors (Lipinski definition) is 2. The summed E-state index contributed by atoms with van der Waals surface area (Å²) in [7, 11) is -2.36. The highest BCUT2D eigenvalue weighted by molar-refractivity contribution is 7.85. The average molecular weight is 283 g/mol. The van der Waals surface area contributed by atoms with Crippen molar-refractivity contribution in [3.63, 3.8) is 0 Å². The number of alkyl halides is 3. The topological polar surface area (TPSA) is 40.9 Å². The third-order valence-electron chi connectivity index (χ3n) is 2.01. The lowest BCUT2D eigenvalue weighted by Crippen LogP contribution is -2.27. The van der Waals surface area contributed by atoms with Crippen LogP contribution in [0.2, 0.25) is 0 Å². The second-order valence-electron chi connectivity index (χ2n) is 3.31. The standard InChI is InChI=1S/C10H6F5NOS/c11-7-1-2-9(8(12)3-7)18(17)5-6(4-16)10(13,14)15/h1-3,6H,5H2. The van der Waals surface area contributed by atoms with Crippen LogP contribution in [0.4, 0.5) is 22.0 Å². The number of nitriles is 1. The first-order valence-corrected chi connectivity index (χ1v) is 5.87. The van der Waals surface area contributed by atoms with E-state index < -0.39 is 45.2 Å². The molecular weight excluding hydrogens is 277 g/mol. The van der Waals surface area contributed by atoms with Crippen molar-refractivity contribution in [2.24, 2.45) is 5.92 Å². The highest BCUT2D eigenvalue weighted by Crippen LogP contribution is 2.28. The molecule has 1 rings (SSSR count). The number of rotatable bonds is 3. The van der Waals surface area contributed by atoms with Crippen molar-refractivity contribution < 1.29 is 26.2 Å². The molecule has 0 amide bonds. The summed E-state index contributed by atoms with van der Waals surface area (Å²) >= 11 is 0. The molecule has 1 aromatic carbocycles. The van der Waals surface area contributed by atoms with Crippen LogP contribution in [-0.2, 0) is 10.8 Å². The van der Waals surface area contributed by atoms with Gasteiger partial charge in [-0.15, -0.1) is 0 Å². The van der Waals surface area contributed by atoms with E-state index in [0.29, 0.717) is 6.07 Å². The zero-order valence-electron chi connectivity index (χ0n) is 8.67. The van der Waals surface area contributed by atoms with E-state index in [0.717, 1.165) is 18.2 Å². The molecular formula is C10H6F5NOS. The van der Waals surface area contributed by atoms with E-state index in [1.54, 1.807) is 0 Å². The summed E-state index contributed by atoms with van der Waals surface area (Å²) in [5.74, 6) is -5.67. The highest BCUT2D eigenvalue weighted by Gasteiger charge is 2.41. The van der Waals surface area contributed by atoms with Gasteiger partial charge in [-0.3, -0.25) is 4.21 Å². The van der Waals surface area contributed by atoms with Gasteiger partial charge in [-0.25, -0.2) is 8.78 Å². The Bertz CT molecular complexity index is 508. The first kappa shape index (κ1) is 14.6. The normalized spacial score (nSPS) is 14.9. The molecule has 0 heterocycles. The minimum Gasteiger partial charge on any atom is -0.254 e. The summed E-state index contributed by atoms with van der Waals surface area (Å²) in [5.41, 5.74) is 0. The maximum atomic E-state index is 13.2. The Kier molecular flexibility index (Phi) is 4.40. The zero-order chi connectivity index (χ0) is 13.9. The van der Waals surface area contributed by atoms with Gasteiger partial charge in [-0.2, -0.15) is 18.4 Å². The van der Waals surface area contributed by atoms with Gasteiger partial charge >= 0.3 is 6.18 Å². The van der Waals surface area contributed by atoms with Crippen molar-refractivity contribution in [3.05, 3.63) is 29.8 Å². The predicted molar refractivity (Wildman–Crippen MR) is 52.8 cm³/mol. The largest absolute Gasteiger partial charge is 0.405 e. The summed E-state index contributed by atoms with van der Waals surface area (Å²) in [4.78, 5) is -0.555. The van der Waals surface area contributed by atoms with Gasteiger partial charge in [0.25, 0.3) is 0 Å². The lowest BCUT2D eigenvalue weighted by Gasteiger charge is -2.12. The molecule has 0 saturated heterocycles. The molecule has 2 unspecified atom stereocenters. The van der Waals surface area contributed by atoms with E-state index in [2.05, 4.69) is 0 Å². The third-order valence-corrected chi connectivity index (χ3v) is 3.47. The highest BCUT2D eigenvalue weighted by atomic mass is 32.2. The van der Waals surface area contributed by atoms with E-state index >= 15 is 0 Å². The fraction of sp³-hybridized carbons (Fsp3) is 0.300. The molecule has 0 aliphatic heterocycles. The van der Waals surface area contributed by atoms with Gasteiger partial charge in [0.2, 0.25) is 0 Å². The summed E-state index contributed by atoms with van der Waals surface area (Å²) in [5, 5.41) is 8.31. The van der Waals surface area contributed by atoms with Crippen LogP contribution in [0.5, 0.6) is 0 Å². The molecule has 0 saturated carbocycles. The molecule has 0 bridgehead atoms. The second kappa shape index (κ2) is 5.44. The Labute approximate surface area is 101 Å². The fourth-order valence-electron chi connectivity index (χ4n) is 1.11. The summed E-state index contributed by atoms with van der Waals surface area (Å²) < 4.78 is 74.0. The van der Waals surface area contributed by atoms with Gasteiger partial charge in [0.05, 0.1) is 27.5 Å². The fourth-order valence-corrected chi connectivity index (χ4v) is 2.35. The Morgan fingerprint density at radius 3 is 2.39 bits per heavy atom. The monoisotopic (exact) mass is 283 g/mol. The van der Waals surface area contributed by atoms with Crippen LogP contribution in [0.15, 0.2) is 23.1 Å². The van der Waals surface area contributed by atoms with Crippen LogP contribution in [0.1, 0.15) is 0 Å². The van der Waals surface area contributed by atoms with Crippen molar-refractivity contribution in [3.8, 4) is 6.07 Å². The van der Waals surface area contributed by atoms with E-state index in [4.69, 9.17) is 5.26 Å². The molecule has 0 aromatic heterocycles. The molecule has 0 N–H and O–H groups in total. The van der Waals surface area contributed by atoms with Crippen molar-refractivity contribution in [1.82, 2.24) is 0 Å². The van der Waals surface area contributed by atoms with Crippen LogP contribution >= 0.6 is 0 Å². The van der Waals surface area contributed by atoms with Crippen LogP contribution in [0, 0.1) is 28.9 Å². The molecule has 0 fully saturated rings. The second-order valence-corrected chi connectivity index (χ2v) is 4.77. The SMILES string of the molecule is N#CC(CS(=O)c1ccc(F)cc1F)C(F)(F)F. The number of hydrogen-bond donors (Lipinski definition) is 0. The first-order valence-electron chi connectivity index (χ1n) is 4.55. The van der Waals surface area contributed by atoms with E-state index in [9.17, 15) is 26.2 Å². The Hall–Kier alpha value is -1.49. The van der Waals surface area contributed by atoms with Crippen molar-refractivity contribution in [1.29, 1.82) is 5.26 Å². The average Bonchev–Trinajstić information content (AvgIpc) is 2.23. The Balaban J connectivity index is 2.93. The molecule has 18 heavy (non-hydrogen) atoms. The van der Waals surface area contributed by atoms with Crippen LogP contribution in [0.25, 0.3) is 0 Å². The summed E-state index contributed by atoms with van der Waals surface area (Å²) in [6.07, 6.45) is -4.83. The van der Waals surface area contributed by atoms with Crippen molar-refractivity contribution in [2.75, 3.05) is 5.75 Å². The number of benzene rings is 1. The summed E-state index contributed by atoms with van der Waals surface area (Å²) in [6.45, 7) is 0. The lowest BCUT2D eigenvalue weighted by molar-refractivity contribution is -0.153. The molecule has 98 valence electrons. The number of nitrogens with zero attached hydrogens (tertiary/aromatic N) is 1. The Morgan fingerprint density at radius 2 is 1.94 bits per heavy atom. The van der Waals surface area contributed by atoms with Crippen LogP contribution in [-0.4, -0.2) is 16.1 Å². The van der Waals surface area contributed by atoms with E-state index in [-0.39, 0.29) is 0 Å². The van der Waals surface area contributed by atoms with E-state index in [1.807, 2.05) is 0 Å². The maximum absolute atomic E-state index is 13.2. The van der Waals surface area contributed by atoms with E-state index in [1.165, 1.54) is 0 Å². The van der Waals surface area contributed by atoms with Crippen LogP contribution in [0.3, 0.4) is 0 Å². The molecule has 0 aliphatic rings. The first-order chi connectivity index (χ1) is 8.25. The Morgan fingerprint density at radius 1 is 1.33 bits per heavy atom. The smallest absolute Gasteiger partial charge is 0.254 e. The van der Waals surface area contributed by atoms with Gasteiger partial charge in [0.1, 0.15) is 11.6 Å². The molecule has 2 nitrogen and oxygen atoms in total. The third kappa shape index (κ3) is 3.50. The van der Waals surface area contributed by atoms with Crippen molar-refractivity contribution >= 4 is 10.8 Å². The molecule has 0 spiro atoms. The minimum absolute atomic E-state index is 0.419. The summed E-state index contributed by atoms with van der Waals surface area (Å²) in [6, 6.07) is 2.96. The van der Waals surface area contributed by atoms with Gasteiger partial charge < -0.3 is 0 Å². The minimum atomic E-state index is -4.83. The van der Waals surface area contributed by atoms with Gasteiger partial charge in [-0.05, 0) is 12.1 Å². The van der Waals surface area contributed by atoms with Gasteiger partial charge in [0, 0.05) is 6.07 Å². The predicted octanol–water partition coefficient (Wildman–Crippen LogP) is 2.77.